The molecule has 7 nitrogen and oxygen atoms in total. The van der Waals surface area contributed by atoms with Crippen molar-refractivity contribution in [1.82, 2.24) is 24.9 Å². The molecule has 1 N–H and O–H groups in total. The Balaban J connectivity index is 1.31. The molecule has 2 aromatic rings. The first kappa shape index (κ1) is 20.9. The molecule has 0 radical (unpaired) electrons. The summed E-state index contributed by atoms with van der Waals surface area (Å²) in [6.07, 6.45) is 3.40. The Morgan fingerprint density at radius 3 is 2.67 bits per heavy atom. The number of nitrogens with one attached hydrogen (secondary N) is 1. The lowest BCUT2D eigenvalue weighted by atomic mass is 10.0. The number of benzene rings is 1. The maximum absolute atomic E-state index is 12.9. The molecule has 0 bridgehead atoms. The third kappa shape index (κ3) is 4.68. The van der Waals surface area contributed by atoms with Crippen LogP contribution in [0.3, 0.4) is 0 Å². The molecule has 8 heteroatoms. The number of rotatable bonds is 4. The third-order valence-corrected chi connectivity index (χ3v) is 6.31. The molecule has 1 unspecified atom stereocenters. The van der Waals surface area contributed by atoms with Crippen LogP contribution in [0.4, 0.5) is 0 Å². The van der Waals surface area contributed by atoms with Gasteiger partial charge < -0.3 is 9.80 Å². The number of hydrogen-bond acceptors (Lipinski definition) is 4. The summed E-state index contributed by atoms with van der Waals surface area (Å²) in [6.45, 7) is 6.06. The van der Waals surface area contributed by atoms with Gasteiger partial charge in [-0.2, -0.15) is 5.10 Å². The van der Waals surface area contributed by atoms with E-state index in [-0.39, 0.29) is 11.8 Å². The number of piperidine rings is 1. The maximum Gasteiger partial charge on any atom is 0.271 e. The highest BCUT2D eigenvalue weighted by Crippen LogP contribution is 2.22. The Kier molecular flexibility index (Phi) is 6.39. The number of piperazine rings is 1. The quantitative estimate of drug-likeness (QED) is 0.811. The van der Waals surface area contributed by atoms with Crippen LogP contribution >= 0.6 is 11.6 Å². The first-order valence-corrected chi connectivity index (χ1v) is 11.0. The molecule has 1 aromatic carbocycles. The molecule has 2 aliphatic rings. The van der Waals surface area contributed by atoms with Crippen LogP contribution in [0.15, 0.2) is 30.3 Å². The fraction of sp³-hybridized carbons (Fsp3) is 0.500. The van der Waals surface area contributed by atoms with Crippen molar-refractivity contribution in [3.63, 3.8) is 0 Å². The van der Waals surface area contributed by atoms with Gasteiger partial charge in [-0.1, -0.05) is 23.7 Å². The number of carbonyl (C=O) groups excluding carboxylic acids is 2. The van der Waals surface area contributed by atoms with Crippen LogP contribution in [-0.2, 0) is 4.79 Å². The molecule has 0 saturated carbocycles. The number of hydrogen-bond donors (Lipinski definition) is 1. The van der Waals surface area contributed by atoms with Crippen LogP contribution in [0.2, 0.25) is 5.02 Å². The van der Waals surface area contributed by atoms with Crippen molar-refractivity contribution in [2.24, 2.45) is 0 Å². The minimum absolute atomic E-state index is 0.0635. The third-order valence-electron chi connectivity index (χ3n) is 6.07. The van der Waals surface area contributed by atoms with Crippen LogP contribution in [0.25, 0.3) is 11.3 Å². The van der Waals surface area contributed by atoms with Crippen molar-refractivity contribution >= 4 is 23.4 Å². The van der Waals surface area contributed by atoms with Gasteiger partial charge in [-0.25, -0.2) is 0 Å². The van der Waals surface area contributed by atoms with Crippen LogP contribution in [0.1, 0.15) is 36.7 Å². The van der Waals surface area contributed by atoms with Gasteiger partial charge in [-0.05, 0) is 44.4 Å². The average Bonchev–Trinajstić information content (AvgIpc) is 3.24. The van der Waals surface area contributed by atoms with E-state index in [4.69, 9.17) is 11.6 Å². The van der Waals surface area contributed by atoms with Crippen molar-refractivity contribution in [2.45, 2.75) is 32.2 Å². The maximum atomic E-state index is 12.9. The Bertz CT molecular complexity index is 906. The second-order valence-electron chi connectivity index (χ2n) is 8.18. The van der Waals surface area contributed by atoms with Gasteiger partial charge in [0.15, 0.2) is 0 Å². The zero-order valence-electron chi connectivity index (χ0n) is 17.3. The number of likely N-dealkylation sites (tertiary alicyclic amines) is 1. The standard InChI is InChI=1S/C22H28ClN5O2/c1-16-5-2-3-8-28(16)21(29)15-26-9-11-27(12-10-26)22(30)20-14-19(24-25-20)17-6-4-7-18(23)13-17/h4,6-7,13-14,16H,2-3,5,8-12,15H2,1H3,(H,24,25). The lowest BCUT2D eigenvalue weighted by molar-refractivity contribution is -0.136. The van der Waals surface area contributed by atoms with Crippen molar-refractivity contribution in [2.75, 3.05) is 39.3 Å². The van der Waals surface area contributed by atoms with Gasteiger partial charge in [0.1, 0.15) is 5.69 Å². The number of halogens is 1. The number of aromatic amines is 1. The van der Waals surface area contributed by atoms with Crippen LogP contribution in [-0.4, -0.2) is 82.0 Å². The molecule has 3 heterocycles. The molecule has 4 rings (SSSR count). The van der Waals surface area contributed by atoms with Gasteiger partial charge in [-0.15, -0.1) is 0 Å². The van der Waals surface area contributed by atoms with E-state index in [9.17, 15) is 9.59 Å². The summed E-state index contributed by atoms with van der Waals surface area (Å²) in [7, 11) is 0. The molecule has 1 atom stereocenters. The number of aromatic nitrogens is 2. The van der Waals surface area contributed by atoms with Crippen molar-refractivity contribution in [3.05, 3.63) is 41.0 Å². The Labute approximate surface area is 182 Å². The predicted octanol–water partition coefficient (Wildman–Crippen LogP) is 2.89. The minimum atomic E-state index is -0.0635. The topological polar surface area (TPSA) is 72.5 Å². The van der Waals surface area contributed by atoms with Gasteiger partial charge in [0.05, 0.1) is 12.2 Å². The molecule has 2 aliphatic heterocycles. The Morgan fingerprint density at radius 2 is 1.93 bits per heavy atom. The average molecular weight is 430 g/mol. The van der Waals surface area contributed by atoms with E-state index in [1.54, 1.807) is 12.1 Å². The van der Waals surface area contributed by atoms with E-state index in [0.717, 1.165) is 24.9 Å². The Morgan fingerprint density at radius 1 is 1.13 bits per heavy atom. The van der Waals surface area contributed by atoms with Crippen LogP contribution < -0.4 is 0 Å². The predicted molar refractivity (Wildman–Crippen MR) is 116 cm³/mol. The van der Waals surface area contributed by atoms with Crippen molar-refractivity contribution in [3.8, 4) is 11.3 Å². The number of H-pyrrole nitrogens is 1. The summed E-state index contributed by atoms with van der Waals surface area (Å²) in [4.78, 5) is 31.5. The van der Waals surface area contributed by atoms with Gasteiger partial charge in [-0.3, -0.25) is 19.6 Å². The summed E-state index contributed by atoms with van der Waals surface area (Å²) in [6, 6.07) is 9.50. The van der Waals surface area contributed by atoms with Crippen molar-refractivity contribution in [1.29, 1.82) is 0 Å². The van der Waals surface area contributed by atoms with Gasteiger partial charge >= 0.3 is 0 Å². The van der Waals surface area contributed by atoms with Gasteiger partial charge in [0.2, 0.25) is 5.91 Å². The number of carbonyl (C=O) groups is 2. The van der Waals surface area contributed by atoms with E-state index >= 15 is 0 Å². The largest absolute Gasteiger partial charge is 0.339 e. The highest BCUT2D eigenvalue weighted by molar-refractivity contribution is 6.30. The normalized spacial score (nSPS) is 20.4. The molecule has 1 aromatic heterocycles. The fourth-order valence-corrected chi connectivity index (χ4v) is 4.45. The lowest BCUT2D eigenvalue weighted by Gasteiger charge is -2.38. The minimum Gasteiger partial charge on any atom is -0.339 e. The van der Waals surface area contributed by atoms with E-state index in [0.29, 0.717) is 55.2 Å². The molecule has 2 fully saturated rings. The SMILES string of the molecule is CC1CCCCN1C(=O)CN1CCN(C(=O)c2cc(-c3cccc(Cl)c3)n[nH]2)CC1. The van der Waals surface area contributed by atoms with E-state index in [2.05, 4.69) is 22.0 Å². The van der Waals surface area contributed by atoms with Crippen LogP contribution in [0, 0.1) is 0 Å². The monoisotopic (exact) mass is 429 g/mol. The highest BCUT2D eigenvalue weighted by Gasteiger charge is 2.28. The van der Waals surface area contributed by atoms with E-state index < -0.39 is 0 Å². The lowest BCUT2D eigenvalue weighted by Crippen LogP contribution is -2.53. The second kappa shape index (κ2) is 9.18. The summed E-state index contributed by atoms with van der Waals surface area (Å²) in [5, 5.41) is 7.75. The summed E-state index contributed by atoms with van der Waals surface area (Å²) < 4.78 is 0. The van der Waals surface area contributed by atoms with Crippen LogP contribution in [0.5, 0.6) is 0 Å². The van der Waals surface area contributed by atoms with Gasteiger partial charge in [0, 0.05) is 49.4 Å². The first-order valence-electron chi connectivity index (χ1n) is 10.6. The number of amides is 2. The van der Waals surface area contributed by atoms with Gasteiger partial charge in [0.25, 0.3) is 5.91 Å². The zero-order valence-corrected chi connectivity index (χ0v) is 18.1. The number of nitrogens with zero attached hydrogens (tertiary/aromatic N) is 4. The second-order valence-corrected chi connectivity index (χ2v) is 8.61. The molecular formula is C22H28ClN5O2. The summed E-state index contributed by atoms with van der Waals surface area (Å²) in [5.41, 5.74) is 2.03. The molecular weight excluding hydrogens is 402 g/mol. The molecule has 2 saturated heterocycles. The first-order chi connectivity index (χ1) is 14.5. The Hall–Kier alpha value is -2.38. The van der Waals surface area contributed by atoms with Crippen molar-refractivity contribution < 1.29 is 9.59 Å². The van der Waals surface area contributed by atoms with E-state index in [1.807, 2.05) is 28.0 Å². The highest BCUT2D eigenvalue weighted by atomic mass is 35.5. The smallest absolute Gasteiger partial charge is 0.271 e. The summed E-state index contributed by atoms with van der Waals surface area (Å²) >= 11 is 6.05. The van der Waals surface area contributed by atoms with E-state index in [1.165, 1.54) is 6.42 Å². The molecule has 30 heavy (non-hydrogen) atoms. The molecule has 0 aliphatic carbocycles. The molecule has 160 valence electrons. The molecule has 2 amide bonds. The molecule has 0 spiro atoms. The zero-order chi connectivity index (χ0) is 21.1. The summed E-state index contributed by atoms with van der Waals surface area (Å²) in [5.74, 6) is 0.146. The fourth-order valence-electron chi connectivity index (χ4n) is 4.26.